The quantitative estimate of drug-likeness (QED) is 0.747. The third-order valence-corrected chi connectivity index (χ3v) is 2.25. The molecule has 0 aliphatic heterocycles. The number of aliphatic carboxylic acids is 1. The highest BCUT2D eigenvalue weighted by molar-refractivity contribution is 5.92. The summed E-state index contributed by atoms with van der Waals surface area (Å²) in [5.74, 6) is -0.794. The monoisotopic (exact) mass is 252 g/mol. The van der Waals surface area contributed by atoms with E-state index in [1.165, 1.54) is 6.07 Å². The van der Waals surface area contributed by atoms with Gasteiger partial charge in [-0.2, -0.15) is 0 Å². The van der Waals surface area contributed by atoms with Crippen molar-refractivity contribution in [3.8, 4) is 0 Å². The fraction of sp³-hybridized carbons (Fsp3) is 0.455. The lowest BCUT2D eigenvalue weighted by Crippen LogP contribution is -2.30. The van der Waals surface area contributed by atoms with E-state index in [9.17, 15) is 9.59 Å². The Kier molecular flexibility index (Phi) is 5.04. The summed E-state index contributed by atoms with van der Waals surface area (Å²) in [7, 11) is 0. The van der Waals surface area contributed by atoms with Crippen molar-refractivity contribution < 1.29 is 14.7 Å². The van der Waals surface area contributed by atoms with Crippen molar-refractivity contribution in [1.29, 1.82) is 0 Å². The lowest BCUT2D eigenvalue weighted by molar-refractivity contribution is -0.135. The van der Waals surface area contributed by atoms with Crippen molar-refractivity contribution in [2.75, 3.05) is 24.5 Å². The molecule has 1 heterocycles. The van der Waals surface area contributed by atoms with E-state index >= 15 is 0 Å². The molecule has 1 rings (SSSR count). The predicted molar refractivity (Wildman–Crippen MR) is 65.6 cm³/mol. The van der Waals surface area contributed by atoms with Gasteiger partial charge in [0.2, 0.25) is 0 Å². The number of likely N-dealkylation sites (N-methyl/N-ethyl adjacent to an activating group) is 1. The largest absolute Gasteiger partial charge is 0.480 e. The van der Waals surface area contributed by atoms with E-state index in [2.05, 4.69) is 15.5 Å². The van der Waals surface area contributed by atoms with Crippen molar-refractivity contribution >= 4 is 17.7 Å². The van der Waals surface area contributed by atoms with Crippen LogP contribution in [0.4, 0.5) is 5.82 Å². The number of amides is 1. The molecule has 0 fully saturated rings. The Morgan fingerprint density at radius 3 is 2.50 bits per heavy atom. The fourth-order valence-electron chi connectivity index (χ4n) is 1.38. The third-order valence-electron chi connectivity index (χ3n) is 2.25. The molecular formula is C11H16N4O3. The molecule has 98 valence electrons. The van der Waals surface area contributed by atoms with Gasteiger partial charge >= 0.3 is 5.97 Å². The maximum absolute atomic E-state index is 11.5. The Labute approximate surface area is 105 Å². The Morgan fingerprint density at radius 2 is 2.06 bits per heavy atom. The van der Waals surface area contributed by atoms with Crippen LogP contribution in [0.15, 0.2) is 12.1 Å². The summed E-state index contributed by atoms with van der Waals surface area (Å²) in [6.07, 6.45) is 0. The maximum atomic E-state index is 11.5. The van der Waals surface area contributed by atoms with Gasteiger partial charge in [-0.05, 0) is 26.0 Å². The number of hydrogen-bond donors (Lipinski definition) is 2. The van der Waals surface area contributed by atoms with E-state index in [-0.39, 0.29) is 18.1 Å². The van der Waals surface area contributed by atoms with E-state index in [4.69, 9.17) is 5.11 Å². The number of nitrogens with zero attached hydrogens (tertiary/aromatic N) is 3. The van der Waals surface area contributed by atoms with E-state index in [0.717, 1.165) is 0 Å². The molecule has 1 aromatic rings. The molecule has 0 bridgehead atoms. The molecule has 7 heteroatoms. The van der Waals surface area contributed by atoms with Crippen molar-refractivity contribution in [3.63, 3.8) is 0 Å². The molecular weight excluding hydrogens is 236 g/mol. The molecule has 1 amide bonds. The van der Waals surface area contributed by atoms with Crippen molar-refractivity contribution in [2.24, 2.45) is 0 Å². The van der Waals surface area contributed by atoms with Crippen LogP contribution in [-0.4, -0.2) is 46.8 Å². The van der Waals surface area contributed by atoms with Gasteiger partial charge in [0.05, 0.1) is 0 Å². The second-order valence-electron chi connectivity index (χ2n) is 3.54. The first-order chi connectivity index (χ1) is 8.58. The SMILES string of the molecule is CCNC(=O)c1ccc(N(CC)CC(=O)O)nn1. The second-order valence-corrected chi connectivity index (χ2v) is 3.54. The Balaban J connectivity index is 2.80. The zero-order valence-electron chi connectivity index (χ0n) is 10.4. The smallest absolute Gasteiger partial charge is 0.323 e. The van der Waals surface area contributed by atoms with E-state index < -0.39 is 5.97 Å². The minimum Gasteiger partial charge on any atom is -0.480 e. The summed E-state index contributed by atoms with van der Waals surface area (Å²) in [6.45, 7) is 4.50. The summed E-state index contributed by atoms with van der Waals surface area (Å²) in [5, 5.41) is 19.0. The molecule has 0 aromatic carbocycles. The summed E-state index contributed by atoms with van der Waals surface area (Å²) in [6, 6.07) is 3.11. The molecule has 0 saturated carbocycles. The minimum absolute atomic E-state index is 0.147. The Hall–Kier alpha value is -2.18. The van der Waals surface area contributed by atoms with Crippen LogP contribution >= 0.6 is 0 Å². The Morgan fingerprint density at radius 1 is 1.33 bits per heavy atom. The average Bonchev–Trinajstić information content (AvgIpc) is 2.36. The van der Waals surface area contributed by atoms with E-state index in [1.54, 1.807) is 11.0 Å². The summed E-state index contributed by atoms with van der Waals surface area (Å²) >= 11 is 0. The molecule has 0 radical (unpaired) electrons. The molecule has 0 unspecified atom stereocenters. The van der Waals surface area contributed by atoms with Gasteiger partial charge in [-0.1, -0.05) is 0 Å². The lowest BCUT2D eigenvalue weighted by atomic mass is 10.3. The number of hydrogen-bond acceptors (Lipinski definition) is 5. The maximum Gasteiger partial charge on any atom is 0.323 e. The zero-order valence-corrected chi connectivity index (χ0v) is 10.4. The molecule has 0 aliphatic carbocycles. The first-order valence-electron chi connectivity index (χ1n) is 5.67. The fourth-order valence-corrected chi connectivity index (χ4v) is 1.38. The van der Waals surface area contributed by atoms with Gasteiger partial charge in [0.15, 0.2) is 11.5 Å². The number of carbonyl (C=O) groups excluding carboxylic acids is 1. The van der Waals surface area contributed by atoms with Crippen LogP contribution in [-0.2, 0) is 4.79 Å². The summed E-state index contributed by atoms with van der Waals surface area (Å²) in [4.78, 5) is 23.7. The predicted octanol–water partition coefficient (Wildman–Crippen LogP) is 0.137. The molecule has 0 saturated heterocycles. The molecule has 18 heavy (non-hydrogen) atoms. The third kappa shape index (κ3) is 3.69. The van der Waals surface area contributed by atoms with Gasteiger partial charge in [-0.3, -0.25) is 9.59 Å². The number of aromatic nitrogens is 2. The molecule has 0 aliphatic rings. The average molecular weight is 252 g/mol. The molecule has 1 aromatic heterocycles. The highest BCUT2D eigenvalue weighted by Gasteiger charge is 2.12. The van der Waals surface area contributed by atoms with Crippen LogP contribution in [0.25, 0.3) is 0 Å². The molecule has 0 atom stereocenters. The van der Waals surface area contributed by atoms with Crippen LogP contribution in [0.3, 0.4) is 0 Å². The van der Waals surface area contributed by atoms with Gasteiger partial charge in [-0.15, -0.1) is 10.2 Å². The number of carbonyl (C=O) groups is 2. The highest BCUT2D eigenvalue weighted by Crippen LogP contribution is 2.08. The van der Waals surface area contributed by atoms with Crippen LogP contribution in [0.2, 0.25) is 0 Å². The standard InChI is InChI=1S/C11H16N4O3/c1-3-12-11(18)8-5-6-9(14-13-8)15(4-2)7-10(16)17/h5-6H,3-4,7H2,1-2H3,(H,12,18)(H,16,17). The van der Waals surface area contributed by atoms with Crippen molar-refractivity contribution in [1.82, 2.24) is 15.5 Å². The summed E-state index contributed by atoms with van der Waals surface area (Å²) in [5.41, 5.74) is 0.215. The first-order valence-corrected chi connectivity index (χ1v) is 5.67. The topological polar surface area (TPSA) is 95.4 Å². The van der Waals surface area contributed by atoms with Crippen molar-refractivity contribution in [2.45, 2.75) is 13.8 Å². The normalized spacial score (nSPS) is 9.89. The molecule has 0 spiro atoms. The molecule has 2 N–H and O–H groups in total. The minimum atomic E-state index is -0.938. The van der Waals surface area contributed by atoms with Gasteiger partial charge in [0.25, 0.3) is 5.91 Å². The van der Waals surface area contributed by atoms with E-state index in [1.807, 2.05) is 13.8 Å². The summed E-state index contributed by atoms with van der Waals surface area (Å²) < 4.78 is 0. The van der Waals surface area contributed by atoms with Gasteiger partial charge < -0.3 is 15.3 Å². The number of anilines is 1. The van der Waals surface area contributed by atoms with Crippen LogP contribution in [0.1, 0.15) is 24.3 Å². The van der Waals surface area contributed by atoms with Gasteiger partial charge in [0.1, 0.15) is 6.54 Å². The Bertz CT molecular complexity index is 419. The number of carboxylic acids is 1. The van der Waals surface area contributed by atoms with Crippen LogP contribution in [0, 0.1) is 0 Å². The number of nitrogens with one attached hydrogen (secondary N) is 1. The number of rotatable bonds is 6. The van der Waals surface area contributed by atoms with Gasteiger partial charge in [0, 0.05) is 13.1 Å². The van der Waals surface area contributed by atoms with Crippen molar-refractivity contribution in [3.05, 3.63) is 17.8 Å². The van der Waals surface area contributed by atoms with E-state index in [0.29, 0.717) is 18.9 Å². The zero-order chi connectivity index (χ0) is 13.5. The number of carboxylic acid groups (broad SMARTS) is 1. The second kappa shape index (κ2) is 6.53. The highest BCUT2D eigenvalue weighted by atomic mass is 16.4. The lowest BCUT2D eigenvalue weighted by Gasteiger charge is -2.18. The first kappa shape index (κ1) is 13.9. The van der Waals surface area contributed by atoms with Crippen LogP contribution in [0.5, 0.6) is 0 Å². The van der Waals surface area contributed by atoms with Gasteiger partial charge in [-0.25, -0.2) is 0 Å². The van der Waals surface area contributed by atoms with Crippen LogP contribution < -0.4 is 10.2 Å². The molecule has 7 nitrogen and oxygen atoms in total.